The van der Waals surface area contributed by atoms with Gasteiger partial charge >= 0.3 is 192 Å². The molecular weight excluding hydrogens is 504 g/mol. The van der Waals surface area contributed by atoms with Crippen molar-refractivity contribution in [3.8, 4) is 6.07 Å². The predicted octanol–water partition coefficient (Wildman–Crippen LogP) is 1.52. The third kappa shape index (κ3) is 4.62. The summed E-state index contributed by atoms with van der Waals surface area (Å²) in [7, 11) is 0. The van der Waals surface area contributed by atoms with Crippen LogP contribution in [-0.4, -0.2) is 5.91 Å². The van der Waals surface area contributed by atoms with Crippen molar-refractivity contribution in [3.05, 3.63) is 109 Å². The van der Waals surface area contributed by atoms with Crippen LogP contribution in [0.1, 0.15) is 17.5 Å². The normalized spacial score (nSPS) is 18.5. The molecule has 1 amide bonds. The first-order valence-electron chi connectivity index (χ1n) is 9.84. The Morgan fingerprint density at radius 1 is 1.16 bits per heavy atom. The van der Waals surface area contributed by atoms with Crippen molar-refractivity contribution in [2.75, 3.05) is 4.90 Å². The van der Waals surface area contributed by atoms with Gasteiger partial charge in [0.25, 0.3) is 0 Å². The van der Waals surface area contributed by atoms with Crippen LogP contribution >= 0.6 is 0 Å². The molecule has 2 aliphatic rings. The number of nitrogens with two attached hydrogens (primary N) is 1. The first-order valence-corrected chi connectivity index (χ1v) is 12.2. The standard InChI is InChI=1S/C25H20FIN3O/c26-21-9-11-22(12-10-21)30-23(18-6-3-13-27-24(29)15-18)14-19(25(30)31)8-7-17-4-1-2-5-20(17)16-28/h1-6,9-15,19H,7-8,29H2/q-1. The van der Waals surface area contributed by atoms with Gasteiger partial charge in [-0.2, -0.15) is 0 Å². The second-order valence-electron chi connectivity index (χ2n) is 7.19. The Balaban J connectivity index is 1.67. The zero-order valence-electron chi connectivity index (χ0n) is 16.6. The van der Waals surface area contributed by atoms with Crippen LogP contribution in [0.3, 0.4) is 0 Å². The maximum atomic E-state index is 13.5. The minimum absolute atomic E-state index is 0.0631. The molecule has 2 aromatic rings. The Morgan fingerprint density at radius 3 is 2.71 bits per heavy atom. The molecule has 6 heteroatoms. The number of halogens is 2. The van der Waals surface area contributed by atoms with E-state index >= 15 is 0 Å². The van der Waals surface area contributed by atoms with E-state index in [0.29, 0.717) is 24.1 Å². The van der Waals surface area contributed by atoms with Gasteiger partial charge in [0.2, 0.25) is 0 Å². The van der Waals surface area contributed by atoms with Gasteiger partial charge < -0.3 is 0 Å². The molecule has 2 heterocycles. The van der Waals surface area contributed by atoms with Crippen molar-refractivity contribution in [1.82, 2.24) is 0 Å². The summed E-state index contributed by atoms with van der Waals surface area (Å²) < 4.78 is 16.4. The molecule has 0 aliphatic carbocycles. The van der Waals surface area contributed by atoms with Crippen molar-refractivity contribution < 1.29 is 30.4 Å². The topological polar surface area (TPSA) is 70.1 Å². The third-order valence-corrected chi connectivity index (χ3v) is 7.02. The Labute approximate surface area is 191 Å². The predicted molar refractivity (Wildman–Crippen MR) is 114 cm³/mol. The third-order valence-electron chi connectivity index (χ3n) is 5.21. The fraction of sp³-hybridized carbons (Fsp3) is 0.120. The van der Waals surface area contributed by atoms with Gasteiger partial charge in [-0.25, -0.2) is 0 Å². The Bertz CT molecular complexity index is 1170. The molecule has 2 N–H and O–H groups in total. The van der Waals surface area contributed by atoms with Gasteiger partial charge in [-0.15, -0.1) is 0 Å². The van der Waals surface area contributed by atoms with Crippen LogP contribution in [0, 0.1) is 23.1 Å². The second kappa shape index (κ2) is 9.31. The second-order valence-corrected chi connectivity index (χ2v) is 9.78. The molecule has 4 rings (SSSR count). The molecular formula is C25H20FIN3O-. The van der Waals surface area contributed by atoms with Gasteiger partial charge in [0.05, 0.1) is 0 Å². The zero-order chi connectivity index (χ0) is 21.8. The van der Waals surface area contributed by atoms with Crippen molar-refractivity contribution >= 4 is 11.6 Å². The van der Waals surface area contributed by atoms with Crippen LogP contribution in [-0.2, 0) is 11.2 Å². The number of amides is 1. The Kier molecular flexibility index (Phi) is 6.33. The fourth-order valence-electron chi connectivity index (χ4n) is 3.70. The summed E-state index contributed by atoms with van der Waals surface area (Å²) >= 11 is -0.364. The van der Waals surface area contributed by atoms with Crippen LogP contribution in [0.4, 0.5) is 10.1 Å². The summed E-state index contributed by atoms with van der Waals surface area (Å²) in [6.45, 7) is 0. The van der Waals surface area contributed by atoms with Crippen molar-refractivity contribution in [1.29, 1.82) is 5.26 Å². The first-order chi connectivity index (χ1) is 15.1. The van der Waals surface area contributed by atoms with E-state index in [9.17, 15) is 14.4 Å². The maximum absolute atomic E-state index is 13.5. The number of anilines is 1. The zero-order valence-corrected chi connectivity index (χ0v) is 18.8. The number of hydrogen-bond donors (Lipinski definition) is 1. The summed E-state index contributed by atoms with van der Waals surface area (Å²) in [5.74, 6) is -0.757. The summed E-state index contributed by atoms with van der Waals surface area (Å²) in [4.78, 5) is 15.1. The van der Waals surface area contributed by atoms with E-state index in [-0.39, 0.29) is 38.8 Å². The van der Waals surface area contributed by atoms with Gasteiger partial charge in [0.1, 0.15) is 0 Å². The quantitative estimate of drug-likeness (QED) is 0.477. The van der Waals surface area contributed by atoms with E-state index < -0.39 is 0 Å². The molecule has 1 atom stereocenters. The molecule has 0 fully saturated rings. The molecule has 156 valence electrons. The van der Waals surface area contributed by atoms with Crippen LogP contribution in [0.2, 0.25) is 0 Å². The van der Waals surface area contributed by atoms with Crippen LogP contribution in [0.25, 0.3) is 0 Å². The molecule has 0 saturated carbocycles. The van der Waals surface area contributed by atoms with Gasteiger partial charge in [-0.05, 0) is 0 Å². The summed E-state index contributed by atoms with van der Waals surface area (Å²) in [6.07, 6.45) is 9.02. The van der Waals surface area contributed by atoms with Gasteiger partial charge in [-0.1, -0.05) is 0 Å². The molecule has 0 bridgehead atoms. The molecule has 2 aliphatic heterocycles. The number of carbonyl (C=O) groups is 1. The number of aryl methyl sites for hydroxylation is 1. The van der Waals surface area contributed by atoms with Crippen molar-refractivity contribution in [2.24, 2.45) is 11.7 Å². The number of benzene rings is 2. The molecule has 1 unspecified atom stereocenters. The number of allylic oxidation sites excluding steroid dienone is 3. The first kappa shape index (κ1) is 21.1. The summed E-state index contributed by atoms with van der Waals surface area (Å²) in [6, 6.07) is 15.6. The van der Waals surface area contributed by atoms with E-state index in [1.54, 1.807) is 23.1 Å². The average molecular weight is 524 g/mol. The molecule has 2 aromatic carbocycles. The number of carbonyl (C=O) groups excluding carboxylic acids is 1. The monoisotopic (exact) mass is 524 g/mol. The number of nitriles is 1. The molecule has 31 heavy (non-hydrogen) atoms. The van der Waals surface area contributed by atoms with E-state index in [2.05, 4.69) is 10.2 Å². The van der Waals surface area contributed by atoms with E-state index in [4.69, 9.17) is 5.73 Å². The molecule has 4 nitrogen and oxygen atoms in total. The van der Waals surface area contributed by atoms with Gasteiger partial charge in [0.15, 0.2) is 0 Å². The van der Waals surface area contributed by atoms with Crippen LogP contribution in [0.5, 0.6) is 0 Å². The van der Waals surface area contributed by atoms with Crippen molar-refractivity contribution in [3.63, 3.8) is 0 Å². The summed E-state index contributed by atoms with van der Waals surface area (Å²) in [5, 5.41) is 9.34. The van der Waals surface area contributed by atoms with E-state index in [1.807, 2.05) is 42.5 Å². The van der Waals surface area contributed by atoms with Crippen LogP contribution in [0.15, 0.2) is 91.9 Å². The summed E-state index contributed by atoms with van der Waals surface area (Å²) in [5.41, 5.74) is 9.94. The minimum atomic E-state index is -0.364. The Hall–Kier alpha value is -3.18. The van der Waals surface area contributed by atoms with Crippen LogP contribution < -0.4 is 31.8 Å². The van der Waals surface area contributed by atoms with E-state index in [0.717, 1.165) is 20.5 Å². The van der Waals surface area contributed by atoms with Gasteiger partial charge in [0, 0.05) is 0 Å². The van der Waals surface area contributed by atoms with E-state index in [1.165, 1.54) is 12.1 Å². The van der Waals surface area contributed by atoms with Crippen molar-refractivity contribution in [2.45, 2.75) is 12.8 Å². The molecule has 0 spiro atoms. The molecule has 0 aromatic heterocycles. The fourth-order valence-corrected chi connectivity index (χ4v) is 5.05. The SMILES string of the molecule is N#Cc1ccccc1CCC1C=C(C2=CC=C[I-]C(N)=C2)N(c2ccc(F)cc2)C1=O. The Morgan fingerprint density at radius 2 is 1.94 bits per heavy atom. The average Bonchev–Trinajstić information content (AvgIpc) is 2.95. The molecule has 0 radical (unpaired) electrons. The molecule has 0 saturated heterocycles. The number of nitrogens with zero attached hydrogens (tertiary/aromatic N) is 2. The number of rotatable bonds is 5. The van der Waals surface area contributed by atoms with Gasteiger partial charge in [-0.3, -0.25) is 0 Å². The number of hydrogen-bond acceptors (Lipinski definition) is 3.